The first-order valence-electron chi connectivity index (χ1n) is 12.1. The van der Waals surface area contributed by atoms with Crippen LogP contribution < -0.4 is 11.0 Å². The molecule has 3 aromatic rings. The number of amides is 2. The van der Waals surface area contributed by atoms with Crippen molar-refractivity contribution in [3.8, 4) is 0 Å². The van der Waals surface area contributed by atoms with Crippen LogP contribution in [0.4, 0.5) is 8.78 Å². The van der Waals surface area contributed by atoms with Crippen molar-refractivity contribution >= 4 is 11.8 Å². The van der Waals surface area contributed by atoms with Gasteiger partial charge in [0.05, 0.1) is 18.5 Å². The minimum Gasteiger partial charge on any atom is -0.345 e. The minimum atomic E-state index is -1.52. The van der Waals surface area contributed by atoms with Gasteiger partial charge in [0.15, 0.2) is 0 Å². The largest absolute Gasteiger partial charge is 0.345 e. The zero-order valence-electron chi connectivity index (χ0n) is 19.5. The molecule has 2 aromatic carbocycles. The highest BCUT2D eigenvalue weighted by Crippen LogP contribution is 2.42. The number of rotatable bonds is 8. The van der Waals surface area contributed by atoms with Gasteiger partial charge in [-0.15, -0.1) is 0 Å². The Balaban J connectivity index is 1.28. The molecule has 1 saturated carbocycles. The molecule has 3 atom stereocenters. The molecular formula is C26H27F2N5O3. The Morgan fingerprint density at radius 1 is 1.11 bits per heavy atom. The van der Waals surface area contributed by atoms with Gasteiger partial charge in [-0.1, -0.05) is 42.5 Å². The first kappa shape index (κ1) is 23.9. The second kappa shape index (κ2) is 10.0. The Labute approximate surface area is 206 Å². The Kier molecular flexibility index (Phi) is 6.67. The number of carbonyl (C=O) groups is 2. The maximum absolute atomic E-state index is 14.9. The summed E-state index contributed by atoms with van der Waals surface area (Å²) in [6.45, 7) is -0.242. The van der Waals surface area contributed by atoms with Gasteiger partial charge in [-0.3, -0.25) is 14.6 Å². The van der Waals surface area contributed by atoms with Crippen LogP contribution in [0.5, 0.6) is 0 Å². The molecule has 1 saturated heterocycles. The van der Waals surface area contributed by atoms with E-state index in [0.29, 0.717) is 17.0 Å². The molecule has 1 unspecified atom stereocenters. The lowest BCUT2D eigenvalue weighted by atomic mass is 9.95. The third-order valence-electron chi connectivity index (χ3n) is 6.86. The highest BCUT2D eigenvalue weighted by Gasteiger charge is 2.40. The lowest BCUT2D eigenvalue weighted by molar-refractivity contribution is -0.130. The number of aromatic nitrogens is 3. The molecule has 0 bridgehead atoms. The van der Waals surface area contributed by atoms with E-state index in [1.165, 1.54) is 11.0 Å². The monoisotopic (exact) mass is 495 g/mol. The van der Waals surface area contributed by atoms with Crippen molar-refractivity contribution in [3.05, 3.63) is 87.3 Å². The number of H-pyrrole nitrogens is 2. The fourth-order valence-electron chi connectivity index (χ4n) is 4.72. The van der Waals surface area contributed by atoms with Crippen LogP contribution in [-0.4, -0.2) is 51.2 Å². The van der Waals surface area contributed by atoms with Gasteiger partial charge in [0.2, 0.25) is 11.8 Å². The third kappa shape index (κ3) is 5.22. The lowest BCUT2D eigenvalue weighted by Crippen LogP contribution is -2.39. The highest BCUT2D eigenvalue weighted by atomic mass is 19.1. The van der Waals surface area contributed by atoms with E-state index in [1.807, 2.05) is 36.4 Å². The van der Waals surface area contributed by atoms with Crippen LogP contribution in [-0.2, 0) is 16.0 Å². The summed E-state index contributed by atoms with van der Waals surface area (Å²) in [7, 11) is 0. The van der Waals surface area contributed by atoms with Crippen molar-refractivity contribution in [1.29, 1.82) is 0 Å². The van der Waals surface area contributed by atoms with Gasteiger partial charge < -0.3 is 10.2 Å². The molecule has 3 N–H and O–H groups in total. The Morgan fingerprint density at radius 2 is 1.89 bits per heavy atom. The van der Waals surface area contributed by atoms with Gasteiger partial charge in [-0.2, -0.15) is 5.10 Å². The maximum atomic E-state index is 14.9. The number of hydrogen-bond acceptors (Lipinski definition) is 4. The van der Waals surface area contributed by atoms with E-state index in [0.717, 1.165) is 18.4 Å². The molecule has 2 fully saturated rings. The van der Waals surface area contributed by atoms with Gasteiger partial charge >= 0.3 is 5.69 Å². The molecule has 2 amide bonds. The first-order chi connectivity index (χ1) is 17.4. The number of carbonyl (C=O) groups excluding carboxylic acids is 2. The number of halogens is 2. The Bertz CT molecular complexity index is 1300. The Hall–Kier alpha value is -3.82. The summed E-state index contributed by atoms with van der Waals surface area (Å²) in [6, 6.07) is 13.5. The number of aromatic amines is 2. The van der Waals surface area contributed by atoms with Crippen molar-refractivity contribution in [1.82, 2.24) is 25.4 Å². The predicted molar refractivity (Wildman–Crippen MR) is 127 cm³/mol. The molecule has 1 aromatic heterocycles. The van der Waals surface area contributed by atoms with Crippen LogP contribution in [0.1, 0.15) is 53.7 Å². The molecule has 0 spiro atoms. The van der Waals surface area contributed by atoms with Crippen LogP contribution in [0.2, 0.25) is 0 Å². The zero-order valence-corrected chi connectivity index (χ0v) is 19.5. The average Bonchev–Trinajstić information content (AvgIpc) is 3.51. The molecule has 8 nitrogen and oxygen atoms in total. The molecule has 5 rings (SSSR count). The molecule has 1 aliphatic carbocycles. The third-order valence-corrected chi connectivity index (χ3v) is 6.86. The predicted octanol–water partition coefficient (Wildman–Crippen LogP) is 2.75. The zero-order chi connectivity index (χ0) is 25.2. The smallest absolute Gasteiger partial charge is 0.340 e. The highest BCUT2D eigenvalue weighted by molar-refractivity contribution is 5.83. The van der Waals surface area contributed by atoms with E-state index < -0.39 is 29.7 Å². The van der Waals surface area contributed by atoms with Gasteiger partial charge in [0.25, 0.3) is 0 Å². The SMILES string of the molecule is O=C(N[C@@H](c1ccccc1)c1ccc(C2CC2)c(F)c1)C1CN(C(=O)CCc2n[nH]c(=O)[nH]2)C[C@@H]1F. The van der Waals surface area contributed by atoms with E-state index in [2.05, 4.69) is 20.5 Å². The number of hydrogen-bond donors (Lipinski definition) is 3. The number of nitrogens with one attached hydrogen (secondary N) is 3. The standard InChI is InChI=1S/C26H27F2N5O3/c27-20-12-17(8-9-18(20)15-6-7-15)24(16-4-2-1-3-5-16)30-25(35)19-13-33(14-21(19)28)23(34)11-10-22-29-26(36)32-31-22/h1-5,8-9,12,15,19,21,24H,6-7,10-11,13-14H2,(H,30,35)(H2,29,31,32,36)/t19?,21-,24-/m0/s1. The average molecular weight is 496 g/mol. The van der Waals surface area contributed by atoms with Crippen LogP contribution in [0.25, 0.3) is 0 Å². The number of benzene rings is 2. The molecule has 2 aliphatic rings. The quantitative estimate of drug-likeness (QED) is 0.446. The summed E-state index contributed by atoms with van der Waals surface area (Å²) >= 11 is 0. The number of nitrogens with zero attached hydrogens (tertiary/aromatic N) is 2. The molecule has 1 aliphatic heterocycles. The molecule has 0 radical (unpaired) electrons. The normalized spacial score (nSPS) is 20.3. The summed E-state index contributed by atoms with van der Waals surface area (Å²) in [5.74, 6) is -1.61. The van der Waals surface area contributed by atoms with Gasteiger partial charge in [0.1, 0.15) is 17.8 Å². The van der Waals surface area contributed by atoms with Crippen LogP contribution in [0, 0.1) is 11.7 Å². The molecule has 10 heteroatoms. The summed E-state index contributed by atoms with van der Waals surface area (Å²) in [4.78, 5) is 40.7. The minimum absolute atomic E-state index is 0.0289. The van der Waals surface area contributed by atoms with Gasteiger partial charge in [0, 0.05) is 19.4 Å². The molecule has 36 heavy (non-hydrogen) atoms. The summed E-state index contributed by atoms with van der Waals surface area (Å²) in [5.41, 5.74) is 1.54. The van der Waals surface area contributed by atoms with Gasteiger partial charge in [-0.05, 0) is 41.5 Å². The van der Waals surface area contributed by atoms with Crippen molar-refractivity contribution in [2.24, 2.45) is 5.92 Å². The van der Waals surface area contributed by atoms with Crippen LogP contribution in [0.15, 0.2) is 53.3 Å². The number of aryl methyl sites for hydroxylation is 1. The second-order valence-electron chi connectivity index (χ2n) is 9.45. The van der Waals surface area contributed by atoms with Crippen molar-refractivity contribution < 1.29 is 18.4 Å². The van der Waals surface area contributed by atoms with Crippen molar-refractivity contribution in [2.75, 3.05) is 13.1 Å². The second-order valence-corrected chi connectivity index (χ2v) is 9.45. The van der Waals surface area contributed by atoms with E-state index in [-0.39, 0.29) is 43.6 Å². The molecular weight excluding hydrogens is 468 g/mol. The van der Waals surface area contributed by atoms with E-state index in [4.69, 9.17) is 0 Å². The van der Waals surface area contributed by atoms with E-state index in [1.54, 1.807) is 6.07 Å². The van der Waals surface area contributed by atoms with Crippen LogP contribution >= 0.6 is 0 Å². The molecule has 2 heterocycles. The first-order valence-corrected chi connectivity index (χ1v) is 12.1. The summed E-state index contributed by atoms with van der Waals surface area (Å²) < 4.78 is 29.7. The molecule has 188 valence electrons. The summed E-state index contributed by atoms with van der Waals surface area (Å²) in [5, 5.41) is 8.88. The van der Waals surface area contributed by atoms with Crippen molar-refractivity contribution in [3.63, 3.8) is 0 Å². The Morgan fingerprint density at radius 3 is 2.56 bits per heavy atom. The topological polar surface area (TPSA) is 111 Å². The van der Waals surface area contributed by atoms with E-state index in [9.17, 15) is 23.2 Å². The van der Waals surface area contributed by atoms with Gasteiger partial charge in [-0.25, -0.2) is 18.7 Å². The maximum Gasteiger partial charge on any atom is 0.340 e. The van der Waals surface area contributed by atoms with Crippen LogP contribution in [0.3, 0.4) is 0 Å². The fourth-order valence-corrected chi connectivity index (χ4v) is 4.72. The lowest BCUT2D eigenvalue weighted by Gasteiger charge is -2.23. The number of likely N-dealkylation sites (tertiary alicyclic amines) is 1. The van der Waals surface area contributed by atoms with Crippen molar-refractivity contribution in [2.45, 2.75) is 43.8 Å². The number of alkyl halides is 1. The fraction of sp³-hybridized carbons (Fsp3) is 0.385. The summed E-state index contributed by atoms with van der Waals surface area (Å²) in [6.07, 6.45) is 0.652. The van der Waals surface area contributed by atoms with E-state index >= 15 is 0 Å².